The third-order valence-corrected chi connectivity index (χ3v) is 3.82. The molecule has 0 bridgehead atoms. The first-order valence-corrected chi connectivity index (χ1v) is 6.00. The molecule has 0 aliphatic carbocycles. The smallest absolute Gasteiger partial charge is 0.151 e. The number of anilines is 1. The molecule has 1 aromatic heterocycles. The van der Waals surface area contributed by atoms with Crippen molar-refractivity contribution in [2.45, 2.75) is 20.8 Å². The summed E-state index contributed by atoms with van der Waals surface area (Å²) >= 11 is 1.60. The van der Waals surface area contributed by atoms with Crippen molar-refractivity contribution in [3.8, 4) is 10.6 Å². The Labute approximate surface area is 99.3 Å². The number of rotatable bonds is 2. The van der Waals surface area contributed by atoms with Crippen LogP contribution in [-0.2, 0) is 0 Å². The van der Waals surface area contributed by atoms with Crippen molar-refractivity contribution in [2.75, 3.05) is 5.43 Å². The van der Waals surface area contributed by atoms with Crippen LogP contribution in [0.25, 0.3) is 10.6 Å². The fourth-order valence-electron chi connectivity index (χ4n) is 1.65. The molecule has 3 N–H and O–H groups in total. The largest absolute Gasteiger partial charge is 0.308 e. The summed E-state index contributed by atoms with van der Waals surface area (Å²) in [4.78, 5) is 4.41. The predicted molar refractivity (Wildman–Crippen MR) is 69.6 cm³/mol. The van der Waals surface area contributed by atoms with Crippen LogP contribution in [0, 0.1) is 20.8 Å². The number of benzene rings is 1. The number of aromatic nitrogens is 1. The maximum Gasteiger partial charge on any atom is 0.151 e. The van der Waals surface area contributed by atoms with Crippen LogP contribution in [0.4, 0.5) is 5.82 Å². The second kappa shape index (κ2) is 4.23. The van der Waals surface area contributed by atoms with E-state index in [0.717, 1.165) is 10.8 Å². The molecule has 0 unspecified atom stereocenters. The van der Waals surface area contributed by atoms with Gasteiger partial charge in [-0.25, -0.2) is 10.8 Å². The zero-order valence-electron chi connectivity index (χ0n) is 9.66. The number of nitrogens with one attached hydrogen (secondary N) is 1. The second-order valence-corrected chi connectivity index (χ2v) is 4.72. The molecule has 0 amide bonds. The third-order valence-electron chi connectivity index (χ3n) is 2.94. The Balaban J connectivity index is 2.52. The normalized spacial score (nSPS) is 10.5. The molecule has 0 aliphatic heterocycles. The van der Waals surface area contributed by atoms with E-state index >= 15 is 0 Å². The van der Waals surface area contributed by atoms with E-state index in [9.17, 15) is 0 Å². The highest BCUT2D eigenvalue weighted by Gasteiger charge is 2.09. The Morgan fingerprint density at radius 1 is 1.19 bits per heavy atom. The van der Waals surface area contributed by atoms with Crippen LogP contribution in [-0.4, -0.2) is 4.98 Å². The average molecular weight is 233 g/mol. The molecule has 1 heterocycles. The summed E-state index contributed by atoms with van der Waals surface area (Å²) in [6.45, 7) is 6.40. The van der Waals surface area contributed by atoms with E-state index in [1.807, 2.05) is 5.38 Å². The van der Waals surface area contributed by atoms with Gasteiger partial charge in [0, 0.05) is 10.9 Å². The minimum atomic E-state index is 0.720. The lowest BCUT2D eigenvalue weighted by molar-refractivity contribution is 1.24. The molecule has 3 nitrogen and oxygen atoms in total. The number of aryl methyl sites for hydroxylation is 1. The van der Waals surface area contributed by atoms with Crippen LogP contribution < -0.4 is 11.3 Å². The minimum Gasteiger partial charge on any atom is -0.308 e. The summed E-state index contributed by atoms with van der Waals surface area (Å²) in [6, 6.07) is 4.26. The van der Waals surface area contributed by atoms with E-state index in [1.54, 1.807) is 11.3 Å². The summed E-state index contributed by atoms with van der Waals surface area (Å²) in [5, 5.41) is 2.93. The molecule has 0 atom stereocenters. The molecule has 0 radical (unpaired) electrons. The Hall–Kier alpha value is -1.39. The molecule has 4 heteroatoms. The molecule has 0 aliphatic rings. The maximum absolute atomic E-state index is 5.33. The van der Waals surface area contributed by atoms with Gasteiger partial charge in [0.05, 0.1) is 0 Å². The van der Waals surface area contributed by atoms with E-state index in [4.69, 9.17) is 5.84 Å². The Morgan fingerprint density at radius 2 is 1.94 bits per heavy atom. The number of hydrogen-bond acceptors (Lipinski definition) is 4. The number of hydrazine groups is 1. The standard InChI is InChI=1S/C12H15N3S/c1-7-4-5-10(9(3)8(7)2)12-14-11(15-13)6-16-12/h4-6,15H,13H2,1-3H3. The van der Waals surface area contributed by atoms with Gasteiger partial charge in [0.2, 0.25) is 0 Å². The van der Waals surface area contributed by atoms with Crippen LogP contribution in [0.3, 0.4) is 0 Å². The van der Waals surface area contributed by atoms with Gasteiger partial charge in [0.15, 0.2) is 5.82 Å². The molecule has 0 spiro atoms. The van der Waals surface area contributed by atoms with E-state index in [-0.39, 0.29) is 0 Å². The van der Waals surface area contributed by atoms with Crippen molar-refractivity contribution < 1.29 is 0 Å². The molecular weight excluding hydrogens is 218 g/mol. The SMILES string of the molecule is Cc1ccc(-c2nc(NN)cs2)c(C)c1C. The van der Waals surface area contributed by atoms with Crippen LogP contribution >= 0.6 is 11.3 Å². The molecule has 16 heavy (non-hydrogen) atoms. The topological polar surface area (TPSA) is 50.9 Å². The fourth-order valence-corrected chi connectivity index (χ4v) is 2.49. The van der Waals surface area contributed by atoms with Gasteiger partial charge in [-0.15, -0.1) is 11.3 Å². The van der Waals surface area contributed by atoms with Gasteiger partial charge in [-0.05, 0) is 37.5 Å². The molecule has 2 aromatic rings. The van der Waals surface area contributed by atoms with E-state index in [0.29, 0.717) is 0 Å². The van der Waals surface area contributed by atoms with Gasteiger partial charge < -0.3 is 5.43 Å². The molecule has 84 valence electrons. The van der Waals surface area contributed by atoms with Crippen LogP contribution in [0.1, 0.15) is 16.7 Å². The lowest BCUT2D eigenvalue weighted by Gasteiger charge is -2.08. The average Bonchev–Trinajstić information content (AvgIpc) is 2.74. The quantitative estimate of drug-likeness (QED) is 0.619. The summed E-state index contributed by atoms with van der Waals surface area (Å²) in [6.07, 6.45) is 0. The van der Waals surface area contributed by atoms with Crippen LogP contribution in [0.2, 0.25) is 0 Å². The molecule has 0 saturated heterocycles. The Kier molecular flexibility index (Phi) is 2.94. The summed E-state index contributed by atoms with van der Waals surface area (Å²) in [5.74, 6) is 6.05. The van der Waals surface area contributed by atoms with Crippen LogP contribution in [0.15, 0.2) is 17.5 Å². The van der Waals surface area contributed by atoms with Crippen molar-refractivity contribution in [3.05, 3.63) is 34.2 Å². The molecule has 0 fully saturated rings. The highest BCUT2D eigenvalue weighted by Crippen LogP contribution is 2.30. The first-order valence-electron chi connectivity index (χ1n) is 5.13. The number of nitrogens with two attached hydrogens (primary N) is 1. The van der Waals surface area contributed by atoms with Gasteiger partial charge in [0.1, 0.15) is 5.01 Å². The zero-order valence-corrected chi connectivity index (χ0v) is 10.5. The first-order chi connectivity index (χ1) is 7.63. The Morgan fingerprint density at radius 3 is 2.56 bits per heavy atom. The predicted octanol–water partition coefficient (Wildman–Crippen LogP) is 3.02. The first kappa shape index (κ1) is 11.1. The van der Waals surface area contributed by atoms with Gasteiger partial charge in [-0.3, -0.25) is 0 Å². The monoisotopic (exact) mass is 233 g/mol. The number of thiazole rings is 1. The summed E-state index contributed by atoms with van der Waals surface area (Å²) in [5.41, 5.74) is 7.68. The number of hydrogen-bond donors (Lipinski definition) is 2. The van der Waals surface area contributed by atoms with E-state index in [1.165, 1.54) is 22.3 Å². The number of nitrogen functional groups attached to an aromatic ring is 1. The number of nitrogens with zero attached hydrogens (tertiary/aromatic N) is 1. The fraction of sp³-hybridized carbons (Fsp3) is 0.250. The van der Waals surface area contributed by atoms with Crippen molar-refractivity contribution in [1.29, 1.82) is 0 Å². The lowest BCUT2D eigenvalue weighted by Crippen LogP contribution is -2.06. The minimum absolute atomic E-state index is 0.720. The van der Waals surface area contributed by atoms with Crippen molar-refractivity contribution in [2.24, 2.45) is 5.84 Å². The molecule has 0 saturated carbocycles. The zero-order chi connectivity index (χ0) is 11.7. The maximum atomic E-state index is 5.33. The van der Waals surface area contributed by atoms with Gasteiger partial charge >= 0.3 is 0 Å². The lowest BCUT2D eigenvalue weighted by atomic mass is 9.99. The van der Waals surface area contributed by atoms with Crippen LogP contribution in [0.5, 0.6) is 0 Å². The van der Waals surface area contributed by atoms with Gasteiger partial charge in [0.25, 0.3) is 0 Å². The summed E-state index contributed by atoms with van der Waals surface area (Å²) < 4.78 is 0. The van der Waals surface area contributed by atoms with Gasteiger partial charge in [-0.2, -0.15) is 0 Å². The van der Waals surface area contributed by atoms with Crippen molar-refractivity contribution in [3.63, 3.8) is 0 Å². The van der Waals surface area contributed by atoms with Crippen molar-refractivity contribution >= 4 is 17.2 Å². The van der Waals surface area contributed by atoms with E-state index in [2.05, 4.69) is 43.3 Å². The highest BCUT2D eigenvalue weighted by molar-refractivity contribution is 7.13. The summed E-state index contributed by atoms with van der Waals surface area (Å²) in [7, 11) is 0. The molecule has 2 rings (SSSR count). The molecule has 1 aromatic carbocycles. The van der Waals surface area contributed by atoms with Crippen molar-refractivity contribution in [1.82, 2.24) is 4.98 Å². The van der Waals surface area contributed by atoms with E-state index < -0.39 is 0 Å². The highest BCUT2D eigenvalue weighted by atomic mass is 32.1. The second-order valence-electron chi connectivity index (χ2n) is 3.86. The van der Waals surface area contributed by atoms with Gasteiger partial charge in [-0.1, -0.05) is 12.1 Å². The third kappa shape index (κ3) is 1.81. The molecular formula is C12H15N3S. The Bertz CT molecular complexity index is 517.